The van der Waals surface area contributed by atoms with E-state index in [1.807, 2.05) is 20.8 Å². The zero-order chi connectivity index (χ0) is 17.8. The van der Waals surface area contributed by atoms with Crippen molar-refractivity contribution in [3.63, 3.8) is 0 Å². The molecule has 130 valence electrons. The molecule has 0 saturated carbocycles. The summed E-state index contributed by atoms with van der Waals surface area (Å²) in [6, 6.07) is 4.70. The fourth-order valence-electron chi connectivity index (χ4n) is 2.01. The minimum atomic E-state index is -3.59. The number of methoxy groups -OCH3 is 1. The summed E-state index contributed by atoms with van der Waals surface area (Å²) < 4.78 is 30.5. The lowest BCUT2D eigenvalue weighted by atomic mass is 10.1. The van der Waals surface area contributed by atoms with E-state index in [-0.39, 0.29) is 24.4 Å². The van der Waals surface area contributed by atoms with Gasteiger partial charge in [0.2, 0.25) is 15.9 Å². The molecule has 0 aromatic heterocycles. The maximum absolute atomic E-state index is 12.1. The topological polar surface area (TPSA) is 75.7 Å². The zero-order valence-electron chi connectivity index (χ0n) is 14.0. The highest BCUT2D eigenvalue weighted by atomic mass is 35.5. The largest absolute Gasteiger partial charge is 0.495 e. The van der Waals surface area contributed by atoms with Crippen LogP contribution in [0.2, 0.25) is 5.02 Å². The van der Waals surface area contributed by atoms with Crippen molar-refractivity contribution in [2.24, 2.45) is 0 Å². The van der Waals surface area contributed by atoms with Crippen LogP contribution in [-0.4, -0.2) is 39.8 Å². The number of benzene rings is 1. The number of anilines is 1. The summed E-state index contributed by atoms with van der Waals surface area (Å²) in [5.74, 6) is 0.142. The molecule has 1 amide bonds. The number of carbonyl (C=O) groups excluding carboxylic acids is 1. The number of rotatable bonds is 6. The molecule has 0 saturated heterocycles. The zero-order valence-corrected chi connectivity index (χ0v) is 15.6. The first-order valence-electron chi connectivity index (χ1n) is 7.06. The predicted molar refractivity (Wildman–Crippen MR) is 92.7 cm³/mol. The maximum Gasteiger partial charge on any atom is 0.232 e. The van der Waals surface area contributed by atoms with Crippen LogP contribution >= 0.6 is 11.6 Å². The van der Waals surface area contributed by atoms with E-state index in [9.17, 15) is 13.2 Å². The van der Waals surface area contributed by atoms with E-state index in [0.29, 0.717) is 16.5 Å². The van der Waals surface area contributed by atoms with Crippen LogP contribution in [-0.2, 0) is 14.8 Å². The van der Waals surface area contributed by atoms with Crippen LogP contribution in [0.15, 0.2) is 18.2 Å². The molecule has 0 fully saturated rings. The van der Waals surface area contributed by atoms with Crippen molar-refractivity contribution in [1.29, 1.82) is 0 Å². The molecule has 0 atom stereocenters. The Labute approximate surface area is 142 Å². The second-order valence-corrected chi connectivity index (χ2v) is 8.54. The van der Waals surface area contributed by atoms with E-state index < -0.39 is 10.0 Å². The van der Waals surface area contributed by atoms with Crippen LogP contribution < -0.4 is 14.4 Å². The first-order chi connectivity index (χ1) is 10.4. The molecule has 0 heterocycles. The summed E-state index contributed by atoms with van der Waals surface area (Å²) >= 11 is 5.96. The number of hydrogen-bond donors (Lipinski definition) is 1. The van der Waals surface area contributed by atoms with Crippen LogP contribution in [0.4, 0.5) is 5.69 Å². The quantitative estimate of drug-likeness (QED) is 0.843. The minimum absolute atomic E-state index is 0.00253. The first-order valence-corrected chi connectivity index (χ1v) is 9.29. The van der Waals surface area contributed by atoms with Crippen LogP contribution in [0.25, 0.3) is 0 Å². The standard InChI is InChI=1S/C15H23ClN2O4S/c1-15(2,3)17-14(19)8-9-18(23(5,20)21)12-10-11(16)6-7-13(12)22-4/h6-7,10H,8-9H2,1-5H3,(H,17,19). The van der Waals surface area contributed by atoms with Crippen LogP contribution in [0.1, 0.15) is 27.2 Å². The molecule has 6 nitrogen and oxygen atoms in total. The van der Waals surface area contributed by atoms with Gasteiger partial charge in [-0.3, -0.25) is 9.10 Å². The van der Waals surface area contributed by atoms with Gasteiger partial charge in [0, 0.05) is 23.5 Å². The second kappa shape index (κ2) is 7.40. The van der Waals surface area contributed by atoms with Gasteiger partial charge in [-0.2, -0.15) is 0 Å². The summed E-state index contributed by atoms with van der Waals surface area (Å²) in [5, 5.41) is 3.18. The van der Waals surface area contributed by atoms with Crippen LogP contribution in [0.3, 0.4) is 0 Å². The number of carbonyl (C=O) groups is 1. The van der Waals surface area contributed by atoms with Crippen molar-refractivity contribution in [3.05, 3.63) is 23.2 Å². The highest BCUT2D eigenvalue weighted by molar-refractivity contribution is 7.92. The average Bonchev–Trinajstić information content (AvgIpc) is 2.35. The Kier molecular flexibility index (Phi) is 6.30. The first kappa shape index (κ1) is 19.6. The number of ether oxygens (including phenoxy) is 1. The summed E-state index contributed by atoms with van der Waals surface area (Å²) in [7, 11) is -2.15. The highest BCUT2D eigenvalue weighted by Gasteiger charge is 2.23. The monoisotopic (exact) mass is 362 g/mol. The molecular weight excluding hydrogens is 340 g/mol. The second-order valence-electron chi connectivity index (χ2n) is 6.20. The molecule has 1 aromatic carbocycles. The number of halogens is 1. The van der Waals surface area contributed by atoms with Crippen molar-refractivity contribution in [2.75, 3.05) is 24.2 Å². The molecule has 1 rings (SSSR count). The Morgan fingerprint density at radius 1 is 1.35 bits per heavy atom. The summed E-state index contributed by atoms with van der Waals surface area (Å²) in [6.07, 6.45) is 1.11. The van der Waals surface area contributed by atoms with E-state index in [1.54, 1.807) is 12.1 Å². The Balaban J connectivity index is 3.04. The van der Waals surface area contributed by atoms with Crippen molar-refractivity contribution in [2.45, 2.75) is 32.7 Å². The van der Waals surface area contributed by atoms with Gasteiger partial charge in [0.15, 0.2) is 0 Å². The normalized spacial score (nSPS) is 11.9. The number of nitrogens with zero attached hydrogens (tertiary/aromatic N) is 1. The molecule has 1 aromatic rings. The van der Waals surface area contributed by atoms with Gasteiger partial charge in [-0.15, -0.1) is 0 Å². The Morgan fingerprint density at radius 2 is 1.96 bits per heavy atom. The third-order valence-corrected chi connectivity index (χ3v) is 4.28. The predicted octanol–water partition coefficient (Wildman–Crippen LogP) is 2.42. The third-order valence-electron chi connectivity index (χ3n) is 2.87. The molecule has 0 bridgehead atoms. The summed E-state index contributed by atoms with van der Waals surface area (Å²) in [6.45, 7) is 5.58. The molecule has 23 heavy (non-hydrogen) atoms. The maximum atomic E-state index is 12.1. The smallest absolute Gasteiger partial charge is 0.232 e. The van der Waals surface area contributed by atoms with Crippen molar-refractivity contribution < 1.29 is 17.9 Å². The molecule has 8 heteroatoms. The SMILES string of the molecule is COc1ccc(Cl)cc1N(CCC(=O)NC(C)(C)C)S(C)(=O)=O. The minimum Gasteiger partial charge on any atom is -0.495 e. The Bertz CT molecular complexity index is 669. The Hall–Kier alpha value is -1.47. The molecule has 0 radical (unpaired) electrons. The lowest BCUT2D eigenvalue weighted by Gasteiger charge is -2.25. The van der Waals surface area contributed by atoms with Gasteiger partial charge in [-0.05, 0) is 39.0 Å². The van der Waals surface area contributed by atoms with E-state index >= 15 is 0 Å². The highest BCUT2D eigenvalue weighted by Crippen LogP contribution is 2.32. The van der Waals surface area contributed by atoms with Gasteiger partial charge in [0.25, 0.3) is 0 Å². The van der Waals surface area contributed by atoms with Crippen molar-refractivity contribution >= 4 is 33.2 Å². The summed E-state index contributed by atoms with van der Waals surface area (Å²) in [5.41, 5.74) is -0.0631. The van der Waals surface area contributed by atoms with E-state index in [0.717, 1.165) is 10.6 Å². The average molecular weight is 363 g/mol. The fraction of sp³-hybridized carbons (Fsp3) is 0.533. The van der Waals surface area contributed by atoms with Crippen LogP contribution in [0, 0.1) is 0 Å². The molecular formula is C15H23ClN2O4S. The molecule has 0 unspecified atom stereocenters. The third kappa shape index (κ3) is 6.27. The van der Waals surface area contributed by atoms with Gasteiger partial charge < -0.3 is 10.1 Å². The number of amides is 1. The molecule has 0 aliphatic heterocycles. The lowest BCUT2D eigenvalue weighted by molar-refractivity contribution is -0.122. The number of sulfonamides is 1. The number of hydrogen-bond acceptors (Lipinski definition) is 4. The molecule has 1 N–H and O–H groups in total. The van der Waals surface area contributed by atoms with Gasteiger partial charge in [-0.1, -0.05) is 11.6 Å². The molecule has 0 aliphatic rings. The molecule has 0 spiro atoms. The van der Waals surface area contributed by atoms with Gasteiger partial charge in [0.05, 0.1) is 19.1 Å². The Morgan fingerprint density at radius 3 is 2.43 bits per heavy atom. The van der Waals surface area contributed by atoms with Gasteiger partial charge in [0.1, 0.15) is 5.75 Å². The molecule has 0 aliphatic carbocycles. The number of nitrogens with one attached hydrogen (secondary N) is 1. The summed E-state index contributed by atoms with van der Waals surface area (Å²) in [4.78, 5) is 12.0. The van der Waals surface area contributed by atoms with Crippen molar-refractivity contribution in [3.8, 4) is 5.75 Å². The fourth-order valence-corrected chi connectivity index (χ4v) is 3.10. The van der Waals surface area contributed by atoms with E-state index in [2.05, 4.69) is 5.32 Å². The van der Waals surface area contributed by atoms with E-state index in [1.165, 1.54) is 13.2 Å². The lowest BCUT2D eigenvalue weighted by Crippen LogP contribution is -2.42. The van der Waals surface area contributed by atoms with Gasteiger partial charge >= 0.3 is 0 Å². The van der Waals surface area contributed by atoms with Crippen LogP contribution in [0.5, 0.6) is 5.75 Å². The van der Waals surface area contributed by atoms with Gasteiger partial charge in [-0.25, -0.2) is 8.42 Å². The van der Waals surface area contributed by atoms with Crippen molar-refractivity contribution in [1.82, 2.24) is 5.32 Å². The van der Waals surface area contributed by atoms with E-state index in [4.69, 9.17) is 16.3 Å².